The molecule has 3 heteroatoms. The quantitative estimate of drug-likeness (QED) is 0.166. The summed E-state index contributed by atoms with van der Waals surface area (Å²) in [6, 6.07) is 0. The average molecular weight is 335 g/mol. The third-order valence-corrected chi connectivity index (χ3v) is 7.62. The van der Waals surface area contributed by atoms with Crippen molar-refractivity contribution in [1.82, 2.24) is 0 Å². The van der Waals surface area contributed by atoms with Gasteiger partial charge in [0.1, 0.15) is 0 Å². The minimum atomic E-state index is -1.51. The highest BCUT2D eigenvalue weighted by Crippen LogP contribution is 2.13. The second kappa shape index (κ2) is 15.4. The third kappa shape index (κ3) is 16.7. The SMILES string of the molecule is CCCCCCCCCCCCCCCO[Si](C)(C)CCl. The van der Waals surface area contributed by atoms with Crippen LogP contribution in [0.5, 0.6) is 0 Å². The fourth-order valence-corrected chi connectivity index (χ4v) is 3.51. The molecule has 0 aliphatic rings. The van der Waals surface area contributed by atoms with Crippen LogP contribution in [-0.4, -0.2) is 20.4 Å². The Hall–Kier alpha value is 0.467. The Labute approximate surface area is 140 Å². The summed E-state index contributed by atoms with van der Waals surface area (Å²) in [5, 5.41) is 0. The van der Waals surface area contributed by atoms with Crippen molar-refractivity contribution >= 4 is 19.9 Å². The van der Waals surface area contributed by atoms with Crippen LogP contribution >= 0.6 is 11.6 Å². The van der Waals surface area contributed by atoms with Gasteiger partial charge >= 0.3 is 0 Å². The van der Waals surface area contributed by atoms with Gasteiger partial charge in [-0.2, -0.15) is 0 Å². The van der Waals surface area contributed by atoms with E-state index in [9.17, 15) is 0 Å². The van der Waals surface area contributed by atoms with E-state index in [2.05, 4.69) is 20.0 Å². The highest BCUT2D eigenvalue weighted by atomic mass is 35.5. The van der Waals surface area contributed by atoms with Gasteiger partial charge in [-0.25, -0.2) is 0 Å². The summed E-state index contributed by atoms with van der Waals surface area (Å²) < 4.78 is 5.89. The molecule has 0 aliphatic heterocycles. The maximum Gasteiger partial charge on any atom is 0.201 e. The zero-order valence-electron chi connectivity index (χ0n) is 14.9. The predicted molar refractivity (Wildman–Crippen MR) is 99.8 cm³/mol. The number of halogens is 1. The highest BCUT2D eigenvalue weighted by Gasteiger charge is 2.19. The number of unbranched alkanes of at least 4 members (excludes halogenated alkanes) is 12. The van der Waals surface area contributed by atoms with E-state index in [1.165, 1.54) is 83.5 Å². The molecular formula is C18H39ClOSi. The van der Waals surface area contributed by atoms with Gasteiger partial charge in [0.25, 0.3) is 0 Å². The molecule has 0 saturated carbocycles. The summed E-state index contributed by atoms with van der Waals surface area (Å²) in [6.07, 6.45) is 18.2. The zero-order valence-corrected chi connectivity index (χ0v) is 16.6. The monoisotopic (exact) mass is 334 g/mol. The summed E-state index contributed by atoms with van der Waals surface area (Å²) in [5.41, 5.74) is 0.714. The molecule has 0 unspecified atom stereocenters. The van der Waals surface area contributed by atoms with E-state index in [1.54, 1.807) is 0 Å². The number of rotatable bonds is 16. The molecule has 0 radical (unpaired) electrons. The first-order chi connectivity index (χ1) is 10.1. The topological polar surface area (TPSA) is 9.23 Å². The Morgan fingerprint density at radius 2 is 1.05 bits per heavy atom. The van der Waals surface area contributed by atoms with Crippen molar-refractivity contribution in [2.45, 2.75) is 103 Å². The van der Waals surface area contributed by atoms with Gasteiger partial charge in [0, 0.05) is 12.1 Å². The van der Waals surface area contributed by atoms with E-state index >= 15 is 0 Å². The van der Waals surface area contributed by atoms with Crippen molar-refractivity contribution in [2.24, 2.45) is 0 Å². The van der Waals surface area contributed by atoms with Gasteiger partial charge in [0.05, 0.1) is 0 Å². The molecule has 0 spiro atoms. The van der Waals surface area contributed by atoms with Crippen LogP contribution in [0.3, 0.4) is 0 Å². The van der Waals surface area contributed by atoms with Crippen molar-refractivity contribution in [3.05, 3.63) is 0 Å². The molecule has 0 aromatic heterocycles. The molecule has 0 fully saturated rings. The molecule has 128 valence electrons. The summed E-state index contributed by atoms with van der Waals surface area (Å²) in [5.74, 6) is 0. The zero-order chi connectivity index (χ0) is 15.8. The molecule has 0 heterocycles. The van der Waals surface area contributed by atoms with E-state index < -0.39 is 8.32 Å². The van der Waals surface area contributed by atoms with Crippen LogP contribution in [0.25, 0.3) is 0 Å². The first-order valence-electron chi connectivity index (χ1n) is 9.32. The van der Waals surface area contributed by atoms with Crippen molar-refractivity contribution in [3.8, 4) is 0 Å². The van der Waals surface area contributed by atoms with Gasteiger partial charge in [-0.15, -0.1) is 11.6 Å². The average Bonchev–Trinajstić information content (AvgIpc) is 2.47. The van der Waals surface area contributed by atoms with Crippen LogP contribution in [0, 0.1) is 0 Å². The molecule has 0 amide bonds. The first-order valence-corrected chi connectivity index (χ1v) is 13.0. The van der Waals surface area contributed by atoms with E-state index in [1.807, 2.05) is 0 Å². The molecular weight excluding hydrogens is 296 g/mol. The molecule has 0 aromatic rings. The molecule has 21 heavy (non-hydrogen) atoms. The predicted octanol–water partition coefficient (Wildman–Crippen LogP) is 7.08. The van der Waals surface area contributed by atoms with Gasteiger partial charge in [0.2, 0.25) is 8.32 Å². The Kier molecular flexibility index (Phi) is 15.7. The lowest BCUT2D eigenvalue weighted by Gasteiger charge is -2.19. The lowest BCUT2D eigenvalue weighted by molar-refractivity contribution is 0.297. The molecule has 0 aliphatic carbocycles. The van der Waals surface area contributed by atoms with Crippen LogP contribution in [-0.2, 0) is 4.43 Å². The van der Waals surface area contributed by atoms with Gasteiger partial charge in [-0.05, 0) is 19.5 Å². The molecule has 0 atom stereocenters. The van der Waals surface area contributed by atoms with Crippen molar-refractivity contribution < 1.29 is 4.43 Å². The lowest BCUT2D eigenvalue weighted by atomic mass is 10.0. The highest BCUT2D eigenvalue weighted by molar-refractivity contribution is 6.77. The minimum Gasteiger partial charge on any atom is -0.416 e. The summed E-state index contributed by atoms with van der Waals surface area (Å²) in [6.45, 7) is 7.60. The third-order valence-electron chi connectivity index (χ3n) is 4.06. The van der Waals surface area contributed by atoms with Crippen LogP contribution in [0.2, 0.25) is 13.1 Å². The van der Waals surface area contributed by atoms with Crippen LogP contribution in [0.15, 0.2) is 0 Å². The van der Waals surface area contributed by atoms with Crippen molar-refractivity contribution in [3.63, 3.8) is 0 Å². The molecule has 0 bridgehead atoms. The van der Waals surface area contributed by atoms with Crippen molar-refractivity contribution in [2.75, 3.05) is 12.1 Å². The smallest absolute Gasteiger partial charge is 0.201 e. The summed E-state index contributed by atoms with van der Waals surface area (Å²) in [4.78, 5) is 0. The fourth-order valence-electron chi connectivity index (χ4n) is 2.51. The van der Waals surface area contributed by atoms with Crippen molar-refractivity contribution in [1.29, 1.82) is 0 Å². The first kappa shape index (κ1) is 21.5. The number of alkyl halides is 1. The van der Waals surface area contributed by atoms with Gasteiger partial charge in [-0.1, -0.05) is 84.0 Å². The van der Waals surface area contributed by atoms with E-state index in [4.69, 9.17) is 16.0 Å². The van der Waals surface area contributed by atoms with E-state index in [0.29, 0.717) is 5.50 Å². The van der Waals surface area contributed by atoms with Crippen LogP contribution in [0.4, 0.5) is 0 Å². The standard InChI is InChI=1S/C18H39ClOSi/c1-4-5-6-7-8-9-10-11-12-13-14-15-16-17-20-21(2,3)18-19/h4-18H2,1-3H3. The van der Waals surface area contributed by atoms with Gasteiger partial charge < -0.3 is 4.43 Å². The molecule has 0 rings (SSSR count). The number of hydrogen-bond donors (Lipinski definition) is 0. The molecule has 0 saturated heterocycles. The van der Waals surface area contributed by atoms with Gasteiger partial charge in [0.15, 0.2) is 0 Å². The van der Waals surface area contributed by atoms with E-state index in [-0.39, 0.29) is 0 Å². The second-order valence-electron chi connectivity index (χ2n) is 6.98. The fraction of sp³-hybridized carbons (Fsp3) is 1.00. The maximum absolute atomic E-state index is 5.89. The van der Waals surface area contributed by atoms with Crippen LogP contribution < -0.4 is 0 Å². The minimum absolute atomic E-state index is 0.714. The number of hydrogen-bond acceptors (Lipinski definition) is 1. The normalized spacial score (nSPS) is 12.0. The largest absolute Gasteiger partial charge is 0.416 e. The molecule has 0 aromatic carbocycles. The second-order valence-corrected chi connectivity index (χ2v) is 11.9. The Bertz CT molecular complexity index is 209. The molecule has 0 N–H and O–H groups in total. The summed E-state index contributed by atoms with van der Waals surface area (Å²) in [7, 11) is -1.51. The Morgan fingerprint density at radius 1 is 0.667 bits per heavy atom. The Morgan fingerprint density at radius 3 is 1.43 bits per heavy atom. The molecule has 1 nitrogen and oxygen atoms in total. The van der Waals surface area contributed by atoms with Gasteiger partial charge in [-0.3, -0.25) is 0 Å². The van der Waals surface area contributed by atoms with Crippen LogP contribution in [0.1, 0.15) is 90.4 Å². The lowest BCUT2D eigenvalue weighted by Crippen LogP contribution is -2.33. The maximum atomic E-state index is 5.89. The summed E-state index contributed by atoms with van der Waals surface area (Å²) >= 11 is 5.89. The Balaban J connectivity index is 3.06. The van der Waals surface area contributed by atoms with E-state index in [0.717, 1.165) is 6.61 Å².